The van der Waals surface area contributed by atoms with Crippen molar-refractivity contribution in [3.63, 3.8) is 0 Å². The topological polar surface area (TPSA) is 355 Å². The molecule has 2 fully saturated rings. The van der Waals surface area contributed by atoms with Crippen LogP contribution in [0.1, 0.15) is 116 Å². The van der Waals surface area contributed by atoms with E-state index in [1.165, 1.54) is 42.3 Å². The number of H-pyrrole nitrogens is 1. The summed E-state index contributed by atoms with van der Waals surface area (Å²) in [6, 6.07) is 63.4. The Morgan fingerprint density at radius 3 is 1.50 bits per heavy atom. The van der Waals surface area contributed by atoms with Gasteiger partial charge in [0.15, 0.2) is 29.4 Å². The predicted molar refractivity (Wildman–Crippen MR) is 492 cm³/mol. The number of amides is 4. The van der Waals surface area contributed by atoms with Gasteiger partial charge in [0.1, 0.15) is 28.4 Å². The van der Waals surface area contributed by atoms with Gasteiger partial charge in [0.05, 0.1) is 75.1 Å². The Labute approximate surface area is 738 Å². The number of aromatic nitrogens is 2. The van der Waals surface area contributed by atoms with Crippen LogP contribution in [0.2, 0.25) is 0 Å². The van der Waals surface area contributed by atoms with Gasteiger partial charge in [-0.05, 0) is 205 Å². The van der Waals surface area contributed by atoms with E-state index in [-0.39, 0.29) is 82.8 Å². The number of nitrogens with one attached hydrogen (secondary N) is 1. The Balaban J connectivity index is 0.000000137. The molecule has 2 unspecified atom stereocenters. The first-order chi connectivity index (χ1) is 59.7. The minimum absolute atomic E-state index is 0.0317. The lowest BCUT2D eigenvalue weighted by Crippen LogP contribution is -2.56. The number of piperidine rings is 2. The van der Waals surface area contributed by atoms with Gasteiger partial charge in [-0.3, -0.25) is 43.9 Å². The van der Waals surface area contributed by atoms with E-state index >= 15 is 0 Å². The smallest absolute Gasteiger partial charge is 0.266 e. The molecule has 4 amide bonds. The van der Waals surface area contributed by atoms with Crippen molar-refractivity contribution in [2.75, 3.05) is 77.0 Å². The Kier molecular flexibility index (Phi) is 25.6. The lowest BCUT2D eigenvalue weighted by Gasteiger charge is -2.46. The molecule has 6 aliphatic heterocycles. The number of hydrogen-bond donors (Lipinski definition) is 5. The van der Waals surface area contributed by atoms with E-state index in [4.69, 9.17) is 32.9 Å². The van der Waals surface area contributed by atoms with Gasteiger partial charge in [0, 0.05) is 82.1 Å². The minimum atomic E-state index is -3.38. The Morgan fingerprint density at radius 2 is 1.03 bits per heavy atom. The van der Waals surface area contributed by atoms with E-state index in [2.05, 4.69) is 60.3 Å². The lowest BCUT2D eigenvalue weighted by atomic mass is 9.70. The number of nitrogens with two attached hydrogens (primary N) is 4. The molecule has 9 N–H and O–H groups in total. The standard InChI is InChI=1S/2C28H28FN5OS.C21H26N4O3S.C17H17N5OS/c2*1-28(24-15-21(17-36-24)20-7-5-6-18(14-20)16-30)25(26(35)33(2)27(31)32-28)19-10-12-34(13-11-19)23-9-4-3-8-22(23)29;1-5-25(29(4,27)28)15(2)16-10-9-13-18(14-16)21(17-11-7-6-8-12-17)19(26)24(3)20(22)23-21;1-17(9-14(23)22(2)16(18)19-17)10-5-6-12-11(8-10)15(21-20-12)13-4-3-7-24-13/h2*3-9,14-15,17,19,25H,10-13H2,1-2H3,(H2,31,32);6-15H,5H2,1-4H3,(H2,22,23);3-8H,9H2,1-2H3,(H2,18,19)(H,20,21)/t25-,28+;25-,28-;;17-/m01.0/s1. The highest BCUT2D eigenvalue weighted by Gasteiger charge is 2.54. The molecular weight excluding hydrogens is 1660 g/mol. The number of guanidine groups is 4. The summed E-state index contributed by atoms with van der Waals surface area (Å²) >= 11 is 4.76. The maximum absolute atomic E-state index is 14.4. The molecule has 25 nitrogen and oxygen atoms in total. The van der Waals surface area contributed by atoms with Crippen molar-refractivity contribution in [1.82, 2.24) is 34.1 Å². The second-order valence-electron chi connectivity index (χ2n) is 32.7. The molecule has 2 saturated heterocycles. The molecule has 4 aromatic heterocycles. The number of carbonyl (C=O) groups is 4. The maximum Gasteiger partial charge on any atom is 0.266 e. The lowest BCUT2D eigenvalue weighted by molar-refractivity contribution is -0.137. The van der Waals surface area contributed by atoms with Crippen LogP contribution in [0.3, 0.4) is 0 Å². The fourth-order valence-electron chi connectivity index (χ4n) is 17.9. The number of thiophene rings is 3. The second kappa shape index (κ2) is 36.2. The van der Waals surface area contributed by atoms with Crippen LogP contribution < -0.4 is 32.7 Å². The molecule has 7 aromatic carbocycles. The van der Waals surface area contributed by atoms with E-state index in [1.807, 2.05) is 171 Å². The average Bonchev–Trinajstić information content (AvgIpc) is 1.12. The van der Waals surface area contributed by atoms with E-state index in [9.17, 15) is 46.9 Å². The number of nitrogens with zero attached hydrogens (tertiary/aromatic N) is 14. The van der Waals surface area contributed by atoms with Crippen molar-refractivity contribution in [2.24, 2.45) is 66.6 Å². The molecule has 0 spiro atoms. The number of aliphatic imine (C=N–C) groups is 4. The average molecular weight is 1760 g/mol. The largest absolute Gasteiger partial charge is 0.369 e. The zero-order valence-electron chi connectivity index (χ0n) is 71.1. The maximum atomic E-state index is 14.4. The molecular formula is C94H99F2N19O6S4. The van der Waals surface area contributed by atoms with Crippen LogP contribution in [-0.4, -0.2) is 157 Å². The first kappa shape index (κ1) is 88.5. The molecule has 0 radical (unpaired) electrons. The first-order valence-electron chi connectivity index (χ1n) is 41.1. The second-order valence-corrected chi connectivity index (χ2v) is 37.4. The summed E-state index contributed by atoms with van der Waals surface area (Å²) in [4.78, 5) is 84.5. The number of para-hydroxylation sites is 2. The minimum Gasteiger partial charge on any atom is -0.369 e. The summed E-state index contributed by atoms with van der Waals surface area (Å²) in [5, 5.41) is 33.2. The van der Waals surface area contributed by atoms with Crippen molar-refractivity contribution >= 4 is 114 Å². The van der Waals surface area contributed by atoms with Gasteiger partial charge >= 0.3 is 0 Å². The van der Waals surface area contributed by atoms with Crippen molar-refractivity contribution in [1.29, 1.82) is 10.5 Å². The fraction of sp³-hybridized carbons (Fsp3) is 0.309. The number of sulfonamides is 1. The summed E-state index contributed by atoms with van der Waals surface area (Å²) in [5.41, 5.74) is 32.0. The van der Waals surface area contributed by atoms with E-state index in [0.717, 1.165) is 90.3 Å². The third-order valence-electron chi connectivity index (χ3n) is 24.9. The quantitative estimate of drug-likeness (QED) is 0.0600. The number of anilines is 2. The van der Waals surface area contributed by atoms with Gasteiger partial charge in [-0.15, -0.1) is 34.0 Å². The molecule has 644 valence electrons. The van der Waals surface area contributed by atoms with Gasteiger partial charge < -0.3 is 32.7 Å². The monoisotopic (exact) mass is 1760 g/mol. The summed E-state index contributed by atoms with van der Waals surface area (Å²) in [6.07, 6.45) is 4.51. The molecule has 125 heavy (non-hydrogen) atoms. The Morgan fingerprint density at radius 1 is 0.544 bits per heavy atom. The molecule has 11 aromatic rings. The van der Waals surface area contributed by atoms with Crippen LogP contribution in [0.4, 0.5) is 20.2 Å². The third kappa shape index (κ3) is 17.5. The van der Waals surface area contributed by atoms with E-state index in [0.29, 0.717) is 72.8 Å². The molecule has 6 aliphatic rings. The van der Waals surface area contributed by atoms with Gasteiger partial charge in [-0.1, -0.05) is 122 Å². The number of hydrogen-bond acceptors (Lipinski definition) is 22. The highest BCUT2D eigenvalue weighted by molar-refractivity contribution is 7.88. The van der Waals surface area contributed by atoms with Crippen LogP contribution in [0.5, 0.6) is 0 Å². The molecule has 0 aliphatic carbocycles. The predicted octanol–water partition coefficient (Wildman–Crippen LogP) is 14.7. The van der Waals surface area contributed by atoms with Gasteiger partial charge in [-0.2, -0.15) is 19.9 Å². The SMILES string of the molecule is CCN(C(C)c1cccc(C2(c3ccccc3)N=C(N)N(C)C2=O)c1)S(C)(=O)=O.CN1C(=O)C[C@@](C)(c2ccc3[nH]nc(-c4cccs4)c3c2)N=C1N.CN1C(=O)[C@@H](C2CCN(c3ccccc3F)CC2)[C@@](C)(c2cc(-c3cccc(C#N)c3)cs2)N=C1N.CN1C(=O)[C@H](C2CCN(c3ccccc3F)CC2)[C@@](C)(c2cc(-c3cccc(C#N)c3)cs2)N=C1N. The van der Waals surface area contributed by atoms with Crippen LogP contribution in [0.25, 0.3) is 43.7 Å². The van der Waals surface area contributed by atoms with Gasteiger partial charge in [0.2, 0.25) is 27.7 Å². The number of benzene rings is 7. The number of fused-ring (bicyclic) bond motifs is 1. The van der Waals surface area contributed by atoms with Crippen molar-refractivity contribution in [3.8, 4) is 45.0 Å². The van der Waals surface area contributed by atoms with Crippen LogP contribution in [0.15, 0.2) is 230 Å². The van der Waals surface area contributed by atoms with E-state index in [1.54, 1.807) is 106 Å². The van der Waals surface area contributed by atoms with Gasteiger partial charge in [0.25, 0.3) is 5.91 Å². The highest BCUT2D eigenvalue weighted by Crippen LogP contribution is 2.51. The molecule has 17 rings (SSSR count). The fourth-order valence-corrected chi connectivity index (χ4v) is 21.9. The number of carbonyl (C=O) groups excluding carboxylic acids is 4. The normalized spacial score (nSPS) is 22.1. The molecule has 7 atom stereocenters. The number of halogens is 2. The highest BCUT2D eigenvalue weighted by atomic mass is 32.2. The zero-order valence-corrected chi connectivity index (χ0v) is 74.3. The molecule has 31 heteroatoms. The number of nitriles is 2. The summed E-state index contributed by atoms with van der Waals surface area (Å²) < 4.78 is 54.5. The summed E-state index contributed by atoms with van der Waals surface area (Å²) in [7, 11) is 3.22. The molecule has 0 saturated carbocycles. The molecule has 0 bridgehead atoms. The third-order valence-corrected chi connectivity index (χ3v) is 29.6. The Hall–Kier alpha value is -12.8. The van der Waals surface area contributed by atoms with Crippen molar-refractivity contribution in [3.05, 3.63) is 265 Å². The van der Waals surface area contributed by atoms with Gasteiger partial charge in [-0.25, -0.2) is 37.2 Å². The van der Waals surface area contributed by atoms with Crippen LogP contribution in [0, 0.1) is 58.0 Å². The van der Waals surface area contributed by atoms with E-state index < -0.39 is 38.2 Å². The zero-order chi connectivity index (χ0) is 89.2. The van der Waals surface area contributed by atoms with Crippen LogP contribution in [-0.2, 0) is 51.4 Å². The number of rotatable bonds is 16. The van der Waals surface area contributed by atoms with Crippen molar-refractivity contribution < 1.29 is 36.4 Å². The van der Waals surface area contributed by atoms with Crippen LogP contribution >= 0.6 is 34.0 Å². The number of aromatic amines is 1. The van der Waals surface area contributed by atoms with Crippen molar-refractivity contribution in [2.45, 2.75) is 94.9 Å². The molecule has 10 heterocycles. The first-order valence-corrected chi connectivity index (χ1v) is 45.6. The summed E-state index contributed by atoms with van der Waals surface area (Å²) in [5.74, 6) is -0.574. The summed E-state index contributed by atoms with van der Waals surface area (Å²) in [6.45, 7) is 12.6. The number of likely N-dealkylation sites (N-methyl/N-ethyl adjacent to an activating group) is 1. The Bertz CT molecular complexity index is 6030.